The lowest BCUT2D eigenvalue weighted by atomic mass is 9.79. The summed E-state index contributed by atoms with van der Waals surface area (Å²) in [6, 6.07) is 9.50. The Hall–Kier alpha value is -2.05. The summed E-state index contributed by atoms with van der Waals surface area (Å²) >= 11 is 1.47. The van der Waals surface area contributed by atoms with Gasteiger partial charge in [-0.1, -0.05) is 49.5 Å². The number of aliphatic hydroxyl groups is 1. The molecule has 25 heavy (non-hydrogen) atoms. The van der Waals surface area contributed by atoms with Crippen molar-refractivity contribution >= 4 is 23.6 Å². The van der Waals surface area contributed by atoms with E-state index in [-0.39, 0.29) is 24.5 Å². The van der Waals surface area contributed by atoms with E-state index in [0.29, 0.717) is 5.70 Å². The van der Waals surface area contributed by atoms with E-state index in [1.54, 1.807) is 6.92 Å². The van der Waals surface area contributed by atoms with E-state index >= 15 is 0 Å². The Morgan fingerprint density at radius 2 is 2.12 bits per heavy atom. The lowest BCUT2D eigenvalue weighted by molar-refractivity contribution is -0.164. The Kier molecular flexibility index (Phi) is 5.01. The molecule has 132 valence electrons. The number of carbonyl (C=O) groups is 2. The quantitative estimate of drug-likeness (QED) is 0.480. The number of esters is 1. The zero-order valence-electron chi connectivity index (χ0n) is 14.2. The average molecular weight is 359 g/mol. The number of hydrogen-bond acceptors (Lipinski definition) is 5. The number of amides is 1. The molecule has 1 aromatic rings. The second-order valence-corrected chi connectivity index (χ2v) is 7.38. The summed E-state index contributed by atoms with van der Waals surface area (Å²) in [6.07, 6.45) is 0.747. The summed E-state index contributed by atoms with van der Waals surface area (Å²) in [6.45, 7) is 7.24. The Morgan fingerprint density at radius 3 is 2.72 bits per heavy atom. The molecule has 0 spiro atoms. The van der Waals surface area contributed by atoms with Gasteiger partial charge in [0.15, 0.2) is 0 Å². The molecule has 3 rings (SSSR count). The maximum atomic E-state index is 12.6. The van der Waals surface area contributed by atoms with Crippen molar-refractivity contribution < 1.29 is 19.4 Å². The standard InChI is InChI=1S/C19H21NO4S/c1-4-10-24-19(23)16-17(25-13-8-6-5-7-9-13)11(2)15-14(12(3)21)18(22)20(15)16/h4-9,11-12,14-15,21H,1,10H2,2-3H3/t11-,12-,14-,15-/m1/s1. The van der Waals surface area contributed by atoms with Gasteiger partial charge in [-0.05, 0) is 19.1 Å². The van der Waals surface area contributed by atoms with Crippen molar-refractivity contribution in [3.63, 3.8) is 0 Å². The van der Waals surface area contributed by atoms with Crippen LogP contribution in [-0.2, 0) is 14.3 Å². The normalized spacial score (nSPS) is 26.1. The van der Waals surface area contributed by atoms with E-state index in [4.69, 9.17) is 4.74 Å². The molecule has 2 aliphatic rings. The Labute approximate surface area is 151 Å². The fourth-order valence-corrected chi connectivity index (χ4v) is 4.62. The Bertz CT molecular complexity index is 728. The summed E-state index contributed by atoms with van der Waals surface area (Å²) < 4.78 is 5.20. The summed E-state index contributed by atoms with van der Waals surface area (Å²) in [7, 11) is 0. The summed E-state index contributed by atoms with van der Waals surface area (Å²) in [5.74, 6) is -1.27. The fraction of sp³-hybridized carbons (Fsp3) is 0.368. The van der Waals surface area contributed by atoms with Gasteiger partial charge in [-0.25, -0.2) is 4.79 Å². The number of hydrogen-bond donors (Lipinski definition) is 1. The third-order valence-electron chi connectivity index (χ3n) is 4.61. The van der Waals surface area contributed by atoms with Crippen LogP contribution in [0.5, 0.6) is 0 Å². The maximum Gasteiger partial charge on any atom is 0.356 e. The molecule has 1 aromatic carbocycles. The van der Waals surface area contributed by atoms with Gasteiger partial charge in [0.2, 0.25) is 5.91 Å². The molecule has 1 fully saturated rings. The predicted molar refractivity (Wildman–Crippen MR) is 95.4 cm³/mol. The SMILES string of the molecule is C=CCOC(=O)C1=C(Sc2ccccc2)[C@H](C)[C@@H]2[C@@H]([C@@H](C)O)C(=O)N12. The number of β-lactam (4-membered cyclic amide) rings is 1. The van der Waals surface area contributed by atoms with Gasteiger partial charge < -0.3 is 14.7 Å². The first-order chi connectivity index (χ1) is 12.0. The molecule has 1 N–H and O–H groups in total. The van der Waals surface area contributed by atoms with Gasteiger partial charge in [-0.3, -0.25) is 4.79 Å². The predicted octanol–water partition coefficient (Wildman–Crippen LogP) is 2.58. The zero-order chi connectivity index (χ0) is 18.1. The molecule has 0 aromatic heterocycles. The molecular weight excluding hydrogens is 338 g/mol. The van der Waals surface area contributed by atoms with E-state index < -0.39 is 18.0 Å². The van der Waals surface area contributed by atoms with Crippen LogP contribution in [0.3, 0.4) is 0 Å². The molecule has 1 amide bonds. The number of nitrogens with zero attached hydrogens (tertiary/aromatic N) is 1. The highest BCUT2D eigenvalue weighted by molar-refractivity contribution is 8.03. The van der Waals surface area contributed by atoms with Crippen LogP contribution in [0, 0.1) is 11.8 Å². The minimum atomic E-state index is -0.747. The Balaban J connectivity index is 1.96. The Morgan fingerprint density at radius 1 is 1.44 bits per heavy atom. The first kappa shape index (κ1) is 17.8. The van der Waals surface area contributed by atoms with Crippen molar-refractivity contribution in [2.75, 3.05) is 6.61 Å². The van der Waals surface area contributed by atoms with Gasteiger partial charge in [-0.15, -0.1) is 0 Å². The van der Waals surface area contributed by atoms with Gasteiger partial charge in [0, 0.05) is 15.7 Å². The molecule has 0 aliphatic carbocycles. The number of thioether (sulfide) groups is 1. The third kappa shape index (κ3) is 3.00. The number of ether oxygens (including phenoxy) is 1. The van der Waals surface area contributed by atoms with E-state index in [9.17, 15) is 14.7 Å². The smallest absolute Gasteiger partial charge is 0.356 e. The van der Waals surface area contributed by atoms with Gasteiger partial charge in [0.1, 0.15) is 12.3 Å². The van der Waals surface area contributed by atoms with Gasteiger partial charge >= 0.3 is 5.97 Å². The summed E-state index contributed by atoms with van der Waals surface area (Å²) in [5.41, 5.74) is 0.301. The van der Waals surface area contributed by atoms with E-state index in [0.717, 1.165) is 9.80 Å². The van der Waals surface area contributed by atoms with Crippen molar-refractivity contribution in [2.24, 2.45) is 11.8 Å². The first-order valence-electron chi connectivity index (χ1n) is 8.23. The lowest BCUT2D eigenvalue weighted by Crippen LogP contribution is -2.63. The molecule has 6 heteroatoms. The van der Waals surface area contributed by atoms with Crippen molar-refractivity contribution in [3.8, 4) is 0 Å². The van der Waals surface area contributed by atoms with Crippen LogP contribution in [0.15, 0.2) is 58.5 Å². The lowest BCUT2D eigenvalue weighted by Gasteiger charge is -2.46. The second kappa shape index (κ2) is 7.06. The van der Waals surface area contributed by atoms with Crippen LogP contribution >= 0.6 is 11.8 Å². The van der Waals surface area contributed by atoms with E-state index in [2.05, 4.69) is 6.58 Å². The largest absolute Gasteiger partial charge is 0.457 e. The highest BCUT2D eigenvalue weighted by atomic mass is 32.2. The van der Waals surface area contributed by atoms with Crippen LogP contribution in [-0.4, -0.2) is 40.6 Å². The zero-order valence-corrected chi connectivity index (χ0v) is 15.0. The summed E-state index contributed by atoms with van der Waals surface area (Å²) in [4.78, 5) is 28.4. The third-order valence-corrected chi connectivity index (χ3v) is 5.90. The van der Waals surface area contributed by atoms with Crippen molar-refractivity contribution in [1.82, 2.24) is 4.90 Å². The van der Waals surface area contributed by atoms with Crippen LogP contribution in [0.25, 0.3) is 0 Å². The maximum absolute atomic E-state index is 12.6. The molecule has 0 bridgehead atoms. The molecule has 4 atom stereocenters. The molecule has 5 nitrogen and oxygen atoms in total. The van der Waals surface area contributed by atoms with Gasteiger partial charge in [0.25, 0.3) is 0 Å². The minimum Gasteiger partial charge on any atom is -0.457 e. The topological polar surface area (TPSA) is 66.8 Å². The molecule has 1 saturated heterocycles. The summed E-state index contributed by atoms with van der Waals surface area (Å²) in [5, 5.41) is 9.95. The van der Waals surface area contributed by atoms with Gasteiger partial charge in [0.05, 0.1) is 18.1 Å². The first-order valence-corrected chi connectivity index (χ1v) is 9.05. The monoisotopic (exact) mass is 359 g/mol. The number of rotatable bonds is 6. The van der Waals surface area contributed by atoms with Crippen molar-refractivity contribution in [1.29, 1.82) is 0 Å². The highest BCUT2D eigenvalue weighted by Gasteiger charge is 2.60. The number of carbonyl (C=O) groups excluding carboxylic acids is 2. The number of aliphatic hydroxyl groups excluding tert-OH is 1. The van der Waals surface area contributed by atoms with Crippen molar-refractivity contribution in [3.05, 3.63) is 53.6 Å². The average Bonchev–Trinajstić information content (AvgIpc) is 2.82. The molecule has 2 aliphatic heterocycles. The van der Waals surface area contributed by atoms with Crippen LogP contribution in [0.1, 0.15) is 13.8 Å². The minimum absolute atomic E-state index is 0.0474. The highest BCUT2D eigenvalue weighted by Crippen LogP contribution is 2.52. The van der Waals surface area contributed by atoms with Crippen LogP contribution in [0.4, 0.5) is 0 Å². The molecule has 0 radical (unpaired) electrons. The van der Waals surface area contributed by atoms with E-state index in [1.165, 1.54) is 22.7 Å². The van der Waals surface area contributed by atoms with Crippen molar-refractivity contribution in [2.45, 2.75) is 30.9 Å². The van der Waals surface area contributed by atoms with Crippen LogP contribution in [0.2, 0.25) is 0 Å². The number of fused-ring (bicyclic) bond motifs is 1. The van der Waals surface area contributed by atoms with E-state index in [1.807, 2.05) is 37.3 Å². The second-order valence-electron chi connectivity index (χ2n) is 6.27. The molecule has 0 saturated carbocycles. The molecular formula is C19H21NO4S. The van der Waals surface area contributed by atoms with Gasteiger partial charge in [-0.2, -0.15) is 0 Å². The molecule has 2 heterocycles. The van der Waals surface area contributed by atoms with Crippen LogP contribution < -0.4 is 0 Å². The molecule has 0 unspecified atom stereocenters. The number of benzene rings is 1. The fourth-order valence-electron chi connectivity index (χ4n) is 3.47.